The van der Waals surface area contributed by atoms with Gasteiger partial charge in [-0.15, -0.1) is 0 Å². The maximum absolute atomic E-state index is 11.6. The number of carbonyl (C=O) groups excluding carboxylic acids is 1. The van der Waals surface area contributed by atoms with Crippen LogP contribution in [-0.4, -0.2) is 16.6 Å². The Bertz CT molecular complexity index is 686. The van der Waals surface area contributed by atoms with Crippen molar-refractivity contribution >= 4 is 22.5 Å². The van der Waals surface area contributed by atoms with Crippen molar-refractivity contribution in [1.82, 2.24) is 10.4 Å². The normalized spacial score (nSPS) is 16.6. The Morgan fingerprint density at radius 1 is 1.37 bits per heavy atom. The molecule has 19 heavy (non-hydrogen) atoms. The van der Waals surface area contributed by atoms with Gasteiger partial charge < -0.3 is 10.8 Å². The molecule has 1 aliphatic rings. The third-order valence-electron chi connectivity index (χ3n) is 3.58. The van der Waals surface area contributed by atoms with Crippen molar-refractivity contribution in [1.29, 1.82) is 0 Å². The molecule has 98 valence electrons. The van der Waals surface area contributed by atoms with Gasteiger partial charge in [0.2, 0.25) is 0 Å². The number of carbonyl (C=O) groups is 1. The van der Waals surface area contributed by atoms with E-state index >= 15 is 0 Å². The number of benzene rings is 1. The number of hydrazone groups is 1. The standard InChI is InChI=1S/C13H15N5O/c14-17-11-3-1-2-8-9-6-7(13(19)18-15)4-5-10(9)16-12(8)11/h4-6,16H,1-3,14-15H2,(H,18,19)/b17-11-. The van der Waals surface area contributed by atoms with E-state index in [1.54, 1.807) is 6.07 Å². The van der Waals surface area contributed by atoms with Crippen molar-refractivity contribution in [3.05, 3.63) is 35.0 Å². The molecule has 3 rings (SSSR count). The Balaban J connectivity index is 2.21. The molecule has 0 atom stereocenters. The summed E-state index contributed by atoms with van der Waals surface area (Å²) in [6.45, 7) is 0. The van der Waals surface area contributed by atoms with Crippen LogP contribution in [0.25, 0.3) is 10.9 Å². The molecule has 6 heteroatoms. The van der Waals surface area contributed by atoms with E-state index in [2.05, 4.69) is 15.5 Å². The Morgan fingerprint density at radius 3 is 2.95 bits per heavy atom. The first-order valence-corrected chi connectivity index (χ1v) is 6.17. The fourth-order valence-corrected chi connectivity index (χ4v) is 2.66. The zero-order valence-electron chi connectivity index (χ0n) is 10.4. The lowest BCUT2D eigenvalue weighted by Crippen LogP contribution is -2.29. The lowest BCUT2D eigenvalue weighted by molar-refractivity contribution is 0.0954. The minimum atomic E-state index is -0.291. The van der Waals surface area contributed by atoms with Crippen molar-refractivity contribution in [2.75, 3.05) is 0 Å². The van der Waals surface area contributed by atoms with Gasteiger partial charge in [0.15, 0.2) is 0 Å². The van der Waals surface area contributed by atoms with Gasteiger partial charge in [-0.05, 0) is 43.0 Å². The second-order valence-corrected chi connectivity index (χ2v) is 4.64. The monoisotopic (exact) mass is 257 g/mol. The van der Waals surface area contributed by atoms with Crippen LogP contribution in [0.1, 0.15) is 34.5 Å². The van der Waals surface area contributed by atoms with Gasteiger partial charge in [-0.3, -0.25) is 10.2 Å². The first-order chi connectivity index (χ1) is 9.24. The molecule has 0 saturated heterocycles. The minimum Gasteiger partial charge on any atom is -0.353 e. The molecule has 0 unspecified atom stereocenters. The molecule has 0 radical (unpaired) electrons. The summed E-state index contributed by atoms with van der Waals surface area (Å²) in [6, 6.07) is 5.48. The maximum atomic E-state index is 11.6. The third-order valence-corrected chi connectivity index (χ3v) is 3.58. The van der Waals surface area contributed by atoms with Crippen molar-refractivity contribution in [2.45, 2.75) is 19.3 Å². The van der Waals surface area contributed by atoms with E-state index in [0.717, 1.165) is 41.6 Å². The summed E-state index contributed by atoms with van der Waals surface area (Å²) in [5, 5.41) is 4.88. The number of amides is 1. The van der Waals surface area contributed by atoms with Gasteiger partial charge >= 0.3 is 0 Å². The van der Waals surface area contributed by atoms with E-state index in [0.29, 0.717) is 5.56 Å². The van der Waals surface area contributed by atoms with Crippen LogP contribution in [0.4, 0.5) is 0 Å². The zero-order chi connectivity index (χ0) is 13.4. The molecular weight excluding hydrogens is 242 g/mol. The number of nitrogen functional groups attached to an aromatic ring is 1. The predicted molar refractivity (Wildman–Crippen MR) is 73.6 cm³/mol. The van der Waals surface area contributed by atoms with Crippen molar-refractivity contribution in [3.63, 3.8) is 0 Å². The zero-order valence-corrected chi connectivity index (χ0v) is 10.4. The Labute approximate surface area is 109 Å². The molecule has 1 aromatic carbocycles. The number of aromatic amines is 1. The number of nitrogens with zero attached hydrogens (tertiary/aromatic N) is 1. The summed E-state index contributed by atoms with van der Waals surface area (Å²) in [6.07, 6.45) is 2.86. The highest BCUT2D eigenvalue weighted by Gasteiger charge is 2.21. The van der Waals surface area contributed by atoms with E-state index in [1.807, 2.05) is 12.1 Å². The number of fused-ring (bicyclic) bond motifs is 3. The molecule has 0 aliphatic heterocycles. The number of hydrogen-bond acceptors (Lipinski definition) is 4. The summed E-state index contributed by atoms with van der Waals surface area (Å²) < 4.78 is 0. The largest absolute Gasteiger partial charge is 0.353 e. The summed E-state index contributed by atoms with van der Waals surface area (Å²) in [5.74, 6) is 10.3. The average Bonchev–Trinajstić information content (AvgIpc) is 2.84. The number of aryl methyl sites for hydroxylation is 1. The molecule has 1 aliphatic carbocycles. The molecule has 6 N–H and O–H groups in total. The smallest absolute Gasteiger partial charge is 0.265 e. The highest BCUT2D eigenvalue weighted by Crippen LogP contribution is 2.29. The third kappa shape index (κ3) is 1.77. The molecular formula is C13H15N5O. The number of hydrogen-bond donors (Lipinski definition) is 4. The SMILES string of the molecule is N/N=C1/CCCc2c1[nH]c1ccc(C(=O)NN)cc21. The van der Waals surface area contributed by atoms with E-state index in [4.69, 9.17) is 11.7 Å². The number of hydrazine groups is 1. The number of nitrogens with one attached hydrogen (secondary N) is 2. The number of H-pyrrole nitrogens is 1. The van der Waals surface area contributed by atoms with Crippen molar-refractivity contribution < 1.29 is 4.79 Å². The van der Waals surface area contributed by atoms with Crippen LogP contribution in [0.15, 0.2) is 23.3 Å². The maximum Gasteiger partial charge on any atom is 0.265 e. The van der Waals surface area contributed by atoms with Crippen LogP contribution in [-0.2, 0) is 6.42 Å². The van der Waals surface area contributed by atoms with E-state index < -0.39 is 0 Å². The van der Waals surface area contributed by atoms with Crippen LogP contribution in [0, 0.1) is 0 Å². The lowest BCUT2D eigenvalue weighted by atomic mass is 9.93. The Morgan fingerprint density at radius 2 is 2.21 bits per heavy atom. The van der Waals surface area contributed by atoms with Crippen LogP contribution in [0.3, 0.4) is 0 Å². The molecule has 0 spiro atoms. The van der Waals surface area contributed by atoms with E-state index in [-0.39, 0.29) is 5.91 Å². The summed E-state index contributed by atoms with van der Waals surface area (Å²) in [7, 11) is 0. The highest BCUT2D eigenvalue weighted by atomic mass is 16.2. The Kier molecular flexibility index (Phi) is 2.72. The van der Waals surface area contributed by atoms with Gasteiger partial charge in [0.1, 0.15) is 0 Å². The molecule has 2 aromatic rings. The quantitative estimate of drug-likeness (QED) is 0.344. The summed E-state index contributed by atoms with van der Waals surface area (Å²) in [4.78, 5) is 14.9. The van der Waals surface area contributed by atoms with Gasteiger partial charge in [0.05, 0.1) is 11.4 Å². The molecule has 1 heterocycles. The molecule has 1 aromatic heterocycles. The van der Waals surface area contributed by atoms with Crippen LogP contribution >= 0.6 is 0 Å². The van der Waals surface area contributed by atoms with Gasteiger partial charge in [0, 0.05) is 16.5 Å². The Hall–Kier alpha value is -2.34. The topological polar surface area (TPSA) is 109 Å². The summed E-state index contributed by atoms with van der Waals surface area (Å²) in [5.41, 5.74) is 6.75. The van der Waals surface area contributed by atoms with Crippen LogP contribution < -0.4 is 17.1 Å². The van der Waals surface area contributed by atoms with E-state index in [9.17, 15) is 4.79 Å². The van der Waals surface area contributed by atoms with Crippen LogP contribution in [0.5, 0.6) is 0 Å². The fourth-order valence-electron chi connectivity index (χ4n) is 2.66. The van der Waals surface area contributed by atoms with Crippen LogP contribution in [0.2, 0.25) is 0 Å². The van der Waals surface area contributed by atoms with Crippen molar-refractivity contribution in [3.8, 4) is 0 Å². The van der Waals surface area contributed by atoms with Gasteiger partial charge in [-0.1, -0.05) is 0 Å². The molecule has 1 amide bonds. The second-order valence-electron chi connectivity index (χ2n) is 4.64. The molecule has 0 bridgehead atoms. The number of aromatic nitrogens is 1. The first-order valence-electron chi connectivity index (χ1n) is 6.17. The predicted octanol–water partition coefficient (Wildman–Crippen LogP) is 0.771. The number of rotatable bonds is 1. The average molecular weight is 257 g/mol. The summed E-state index contributed by atoms with van der Waals surface area (Å²) >= 11 is 0. The number of nitrogens with two attached hydrogens (primary N) is 2. The van der Waals surface area contributed by atoms with Gasteiger partial charge in [-0.25, -0.2) is 5.84 Å². The molecule has 0 saturated carbocycles. The first kappa shape index (κ1) is 11.7. The minimum absolute atomic E-state index is 0.291. The van der Waals surface area contributed by atoms with Gasteiger partial charge in [0.25, 0.3) is 5.91 Å². The van der Waals surface area contributed by atoms with Gasteiger partial charge in [-0.2, -0.15) is 5.10 Å². The lowest BCUT2D eigenvalue weighted by Gasteiger charge is -2.12. The fraction of sp³-hybridized carbons (Fsp3) is 0.231. The van der Waals surface area contributed by atoms with E-state index in [1.165, 1.54) is 5.56 Å². The van der Waals surface area contributed by atoms with Crippen molar-refractivity contribution in [2.24, 2.45) is 16.8 Å². The molecule has 0 fully saturated rings. The highest BCUT2D eigenvalue weighted by molar-refractivity contribution is 6.07. The second kappa shape index (κ2) is 4.40. The molecule has 6 nitrogen and oxygen atoms in total.